The van der Waals surface area contributed by atoms with E-state index in [1.165, 1.54) is 0 Å². The molecule has 1 aliphatic rings. The molecule has 0 unspecified atom stereocenters. The van der Waals surface area contributed by atoms with Gasteiger partial charge in [0.1, 0.15) is 5.82 Å². The monoisotopic (exact) mass is 275 g/mol. The molecule has 1 heterocycles. The molecule has 0 aliphatic heterocycles. The third-order valence-electron chi connectivity index (χ3n) is 3.14. The number of hydrogen-bond acceptors (Lipinski definition) is 2. The average Bonchev–Trinajstić information content (AvgIpc) is 3.14. The van der Waals surface area contributed by atoms with Gasteiger partial charge in [0.25, 0.3) is 0 Å². The number of rotatable bonds is 4. The second kappa shape index (κ2) is 5.05. The van der Waals surface area contributed by atoms with E-state index < -0.39 is 0 Å². The molecule has 4 nitrogen and oxygen atoms in total. The van der Waals surface area contributed by atoms with Gasteiger partial charge in [-0.1, -0.05) is 23.7 Å². The van der Waals surface area contributed by atoms with Gasteiger partial charge in [0.05, 0.1) is 12.7 Å². The number of aromatic nitrogens is 2. The number of carbonyl (C=O) groups is 1. The number of nitrogens with zero attached hydrogens (tertiary/aromatic N) is 2. The Hall–Kier alpha value is -1.81. The van der Waals surface area contributed by atoms with Crippen LogP contribution in [0, 0.1) is 5.92 Å². The lowest BCUT2D eigenvalue weighted by atomic mass is 10.2. The molecule has 1 amide bonds. The van der Waals surface area contributed by atoms with E-state index in [0.29, 0.717) is 11.6 Å². The smallest absolute Gasteiger partial charge is 0.228 e. The summed E-state index contributed by atoms with van der Waals surface area (Å²) in [6, 6.07) is 9.44. The average molecular weight is 276 g/mol. The molecule has 2 aromatic rings. The molecule has 5 heteroatoms. The molecule has 0 saturated heterocycles. The molecule has 0 bridgehead atoms. The molecular weight excluding hydrogens is 262 g/mol. The van der Waals surface area contributed by atoms with Gasteiger partial charge in [0.15, 0.2) is 0 Å². The van der Waals surface area contributed by atoms with Gasteiger partial charge in [-0.2, -0.15) is 5.10 Å². The Morgan fingerprint density at radius 3 is 3.00 bits per heavy atom. The highest BCUT2D eigenvalue weighted by molar-refractivity contribution is 6.30. The van der Waals surface area contributed by atoms with Crippen molar-refractivity contribution in [1.29, 1.82) is 0 Å². The maximum absolute atomic E-state index is 11.8. The van der Waals surface area contributed by atoms with Crippen molar-refractivity contribution in [2.24, 2.45) is 5.92 Å². The summed E-state index contributed by atoms with van der Waals surface area (Å²) in [7, 11) is 0. The van der Waals surface area contributed by atoms with Gasteiger partial charge in [-0.3, -0.25) is 4.79 Å². The highest BCUT2D eigenvalue weighted by Gasteiger charge is 2.30. The maximum atomic E-state index is 11.8. The maximum Gasteiger partial charge on any atom is 0.228 e. The van der Waals surface area contributed by atoms with Crippen molar-refractivity contribution in [3.8, 4) is 0 Å². The van der Waals surface area contributed by atoms with E-state index in [1.807, 2.05) is 30.3 Å². The SMILES string of the molecule is O=C(Nc1ccnn1Cc1cccc(Cl)c1)C1CC1. The van der Waals surface area contributed by atoms with Crippen LogP contribution in [0.5, 0.6) is 0 Å². The van der Waals surface area contributed by atoms with Crippen molar-refractivity contribution in [3.05, 3.63) is 47.1 Å². The number of amides is 1. The van der Waals surface area contributed by atoms with E-state index in [-0.39, 0.29) is 11.8 Å². The zero-order valence-electron chi connectivity index (χ0n) is 10.3. The third-order valence-corrected chi connectivity index (χ3v) is 3.37. The van der Waals surface area contributed by atoms with Crippen LogP contribution in [-0.2, 0) is 11.3 Å². The summed E-state index contributed by atoms with van der Waals surface area (Å²) in [6.45, 7) is 0.591. The van der Waals surface area contributed by atoms with Gasteiger partial charge in [0, 0.05) is 17.0 Å². The largest absolute Gasteiger partial charge is 0.311 e. The van der Waals surface area contributed by atoms with Gasteiger partial charge in [0.2, 0.25) is 5.91 Å². The summed E-state index contributed by atoms with van der Waals surface area (Å²) in [5.41, 5.74) is 1.05. The van der Waals surface area contributed by atoms with Crippen molar-refractivity contribution in [2.45, 2.75) is 19.4 Å². The van der Waals surface area contributed by atoms with Gasteiger partial charge in [-0.15, -0.1) is 0 Å². The van der Waals surface area contributed by atoms with Gasteiger partial charge < -0.3 is 5.32 Å². The van der Waals surface area contributed by atoms with Gasteiger partial charge in [-0.05, 0) is 30.5 Å². The zero-order valence-corrected chi connectivity index (χ0v) is 11.1. The van der Waals surface area contributed by atoms with Crippen LogP contribution in [0.4, 0.5) is 5.82 Å². The standard InChI is InChI=1S/C14H14ClN3O/c15-12-3-1-2-10(8-12)9-18-13(6-7-16-18)17-14(19)11-4-5-11/h1-3,6-8,11H,4-5,9H2,(H,17,19). The summed E-state index contributed by atoms with van der Waals surface area (Å²) in [5, 5.41) is 7.85. The molecular formula is C14H14ClN3O. The number of nitrogens with one attached hydrogen (secondary N) is 1. The lowest BCUT2D eigenvalue weighted by Gasteiger charge is -2.09. The molecule has 0 radical (unpaired) electrons. The Morgan fingerprint density at radius 2 is 2.26 bits per heavy atom. The molecule has 1 fully saturated rings. The van der Waals surface area contributed by atoms with Crippen LogP contribution in [0.2, 0.25) is 5.02 Å². The first-order valence-corrected chi connectivity index (χ1v) is 6.67. The van der Waals surface area contributed by atoms with Crippen LogP contribution >= 0.6 is 11.6 Å². The minimum atomic E-state index is 0.0906. The second-order valence-electron chi connectivity index (χ2n) is 4.77. The highest BCUT2D eigenvalue weighted by atomic mass is 35.5. The van der Waals surface area contributed by atoms with Crippen molar-refractivity contribution >= 4 is 23.3 Å². The highest BCUT2D eigenvalue weighted by Crippen LogP contribution is 2.30. The summed E-state index contributed by atoms with van der Waals surface area (Å²) < 4.78 is 1.77. The lowest BCUT2D eigenvalue weighted by molar-refractivity contribution is -0.117. The summed E-state index contributed by atoms with van der Waals surface area (Å²) in [4.78, 5) is 11.8. The molecule has 98 valence electrons. The molecule has 1 N–H and O–H groups in total. The van der Waals surface area contributed by atoms with Crippen LogP contribution in [0.25, 0.3) is 0 Å². The first kappa shape index (κ1) is 12.2. The molecule has 0 atom stereocenters. The van der Waals surface area contributed by atoms with Crippen LogP contribution in [0.3, 0.4) is 0 Å². The topological polar surface area (TPSA) is 46.9 Å². The van der Waals surface area contributed by atoms with Crippen LogP contribution < -0.4 is 5.32 Å². The minimum absolute atomic E-state index is 0.0906. The predicted molar refractivity (Wildman–Crippen MR) is 74.1 cm³/mol. The van der Waals surface area contributed by atoms with Crippen LogP contribution in [0.1, 0.15) is 18.4 Å². The Bertz CT molecular complexity index is 604. The number of benzene rings is 1. The second-order valence-corrected chi connectivity index (χ2v) is 5.20. The normalized spacial score (nSPS) is 14.4. The van der Waals surface area contributed by atoms with Crippen molar-refractivity contribution in [3.63, 3.8) is 0 Å². The Labute approximate surface area is 116 Å². The zero-order chi connectivity index (χ0) is 13.2. The fourth-order valence-corrected chi connectivity index (χ4v) is 2.16. The molecule has 0 spiro atoms. The van der Waals surface area contributed by atoms with E-state index in [4.69, 9.17) is 11.6 Å². The Kier molecular flexibility index (Phi) is 3.25. The van der Waals surface area contributed by atoms with E-state index in [2.05, 4.69) is 10.4 Å². The first-order chi connectivity index (χ1) is 9.22. The number of hydrogen-bond donors (Lipinski definition) is 1. The third kappa shape index (κ3) is 2.96. The summed E-state index contributed by atoms with van der Waals surface area (Å²) >= 11 is 5.96. The number of carbonyl (C=O) groups excluding carboxylic acids is 1. The molecule has 1 aliphatic carbocycles. The summed E-state index contributed by atoms with van der Waals surface area (Å²) in [6.07, 6.45) is 3.68. The van der Waals surface area contributed by atoms with Crippen molar-refractivity contribution in [1.82, 2.24) is 9.78 Å². The minimum Gasteiger partial charge on any atom is -0.311 e. The molecule has 3 rings (SSSR count). The first-order valence-electron chi connectivity index (χ1n) is 6.29. The van der Waals surface area contributed by atoms with Gasteiger partial charge in [-0.25, -0.2) is 4.68 Å². The van der Waals surface area contributed by atoms with E-state index in [1.54, 1.807) is 10.9 Å². The molecule has 19 heavy (non-hydrogen) atoms. The van der Waals surface area contributed by atoms with Crippen LogP contribution in [-0.4, -0.2) is 15.7 Å². The quantitative estimate of drug-likeness (QED) is 0.933. The van der Waals surface area contributed by atoms with Crippen LogP contribution in [0.15, 0.2) is 36.5 Å². The fourth-order valence-electron chi connectivity index (χ4n) is 1.95. The fraction of sp³-hybridized carbons (Fsp3) is 0.286. The lowest BCUT2D eigenvalue weighted by Crippen LogP contribution is -2.17. The van der Waals surface area contributed by atoms with Crippen molar-refractivity contribution < 1.29 is 4.79 Å². The van der Waals surface area contributed by atoms with Crippen molar-refractivity contribution in [2.75, 3.05) is 5.32 Å². The van der Waals surface area contributed by atoms with Gasteiger partial charge >= 0.3 is 0 Å². The molecule has 1 aromatic carbocycles. The number of anilines is 1. The predicted octanol–water partition coefficient (Wildman–Crippen LogP) is 2.93. The Morgan fingerprint density at radius 1 is 1.42 bits per heavy atom. The molecule has 1 aromatic heterocycles. The van der Waals surface area contributed by atoms with E-state index >= 15 is 0 Å². The van der Waals surface area contributed by atoms with E-state index in [0.717, 1.165) is 24.2 Å². The van der Waals surface area contributed by atoms with E-state index in [9.17, 15) is 4.79 Å². The summed E-state index contributed by atoms with van der Waals surface area (Å²) in [5.74, 6) is 1.01. The number of halogens is 1. The Balaban J connectivity index is 1.74. The molecule has 1 saturated carbocycles.